The van der Waals surface area contributed by atoms with Gasteiger partial charge in [0, 0.05) is 25.1 Å². The van der Waals surface area contributed by atoms with Crippen LogP contribution >= 0.6 is 11.6 Å². The van der Waals surface area contributed by atoms with Crippen molar-refractivity contribution < 1.29 is 22.7 Å². The van der Waals surface area contributed by atoms with Crippen molar-refractivity contribution in [2.75, 3.05) is 26.1 Å². The number of hydrogen-bond acceptors (Lipinski definition) is 5. The highest BCUT2D eigenvalue weighted by Crippen LogP contribution is 2.35. The van der Waals surface area contributed by atoms with Gasteiger partial charge in [-0.1, -0.05) is 37.6 Å². The summed E-state index contributed by atoms with van der Waals surface area (Å²) in [6.45, 7) is 4.25. The van der Waals surface area contributed by atoms with Gasteiger partial charge in [-0.3, -0.25) is 4.79 Å². The van der Waals surface area contributed by atoms with E-state index in [1.165, 1.54) is 14.2 Å². The normalized spacial score (nSPS) is 11.4. The van der Waals surface area contributed by atoms with E-state index in [0.29, 0.717) is 35.2 Å². The molecule has 0 fully saturated rings. The largest absolute Gasteiger partial charge is 0.495 e. The summed E-state index contributed by atoms with van der Waals surface area (Å²) in [5.41, 5.74) is 1.31. The highest BCUT2D eigenvalue weighted by molar-refractivity contribution is 7.89. The molecule has 0 unspecified atom stereocenters. The molecule has 0 aliphatic heterocycles. The van der Waals surface area contributed by atoms with Crippen LogP contribution in [0.1, 0.15) is 25.8 Å². The third-order valence-electron chi connectivity index (χ3n) is 4.30. The molecule has 30 heavy (non-hydrogen) atoms. The standard InChI is InChI=1S/C21H27ClN2O5S/c1-14(2)13-23-30(26,27)16-8-5-15(6-9-16)7-10-21(25)24-18-12-19(28-3)17(22)11-20(18)29-4/h5-6,8-9,11-12,14,23H,7,10,13H2,1-4H3,(H,24,25). The molecule has 0 saturated carbocycles. The van der Waals surface area contributed by atoms with Gasteiger partial charge in [-0.25, -0.2) is 13.1 Å². The van der Waals surface area contributed by atoms with Crippen molar-refractivity contribution in [2.45, 2.75) is 31.6 Å². The van der Waals surface area contributed by atoms with Crippen molar-refractivity contribution in [3.63, 3.8) is 0 Å². The molecule has 7 nitrogen and oxygen atoms in total. The molecular formula is C21H27ClN2O5S. The second kappa shape index (κ2) is 10.7. The number of hydrogen-bond donors (Lipinski definition) is 2. The molecule has 0 radical (unpaired) electrons. The Hall–Kier alpha value is -2.29. The van der Waals surface area contributed by atoms with Crippen LogP contribution in [0.3, 0.4) is 0 Å². The van der Waals surface area contributed by atoms with E-state index in [2.05, 4.69) is 10.0 Å². The molecule has 0 heterocycles. The number of nitrogens with one attached hydrogen (secondary N) is 2. The zero-order valence-electron chi connectivity index (χ0n) is 17.5. The fraction of sp³-hybridized carbons (Fsp3) is 0.381. The van der Waals surface area contributed by atoms with E-state index < -0.39 is 10.0 Å². The number of carbonyl (C=O) groups is 1. The SMILES string of the molecule is COc1cc(NC(=O)CCc2ccc(S(=O)(=O)NCC(C)C)cc2)c(OC)cc1Cl. The van der Waals surface area contributed by atoms with Gasteiger partial charge in [-0.15, -0.1) is 0 Å². The summed E-state index contributed by atoms with van der Waals surface area (Å²) in [6.07, 6.45) is 0.671. The molecule has 9 heteroatoms. The molecule has 2 aromatic rings. The maximum absolute atomic E-state index is 12.4. The Morgan fingerprint density at radius 2 is 1.70 bits per heavy atom. The topological polar surface area (TPSA) is 93.7 Å². The molecule has 0 aliphatic carbocycles. The average Bonchev–Trinajstić information content (AvgIpc) is 2.72. The number of anilines is 1. The van der Waals surface area contributed by atoms with E-state index in [1.54, 1.807) is 36.4 Å². The van der Waals surface area contributed by atoms with E-state index in [0.717, 1.165) is 5.56 Å². The van der Waals surface area contributed by atoms with E-state index in [4.69, 9.17) is 21.1 Å². The molecule has 0 bridgehead atoms. The summed E-state index contributed by atoms with van der Waals surface area (Å²) in [6, 6.07) is 9.68. The Bertz CT molecular complexity index is 976. The third-order valence-corrected chi connectivity index (χ3v) is 6.04. The first-order valence-corrected chi connectivity index (χ1v) is 11.3. The quantitative estimate of drug-likeness (QED) is 0.568. The van der Waals surface area contributed by atoms with Crippen LogP contribution in [0.5, 0.6) is 11.5 Å². The number of rotatable bonds is 10. The van der Waals surface area contributed by atoms with Crippen LogP contribution in [-0.2, 0) is 21.2 Å². The van der Waals surface area contributed by atoms with Crippen LogP contribution < -0.4 is 19.5 Å². The summed E-state index contributed by atoms with van der Waals surface area (Å²) in [4.78, 5) is 12.6. The Balaban J connectivity index is 1.99. The number of benzene rings is 2. The van der Waals surface area contributed by atoms with Crippen LogP contribution in [0.2, 0.25) is 5.02 Å². The number of sulfonamides is 1. The summed E-state index contributed by atoms with van der Waals surface area (Å²) in [5.74, 6) is 0.859. The lowest BCUT2D eigenvalue weighted by Crippen LogP contribution is -2.27. The third kappa shape index (κ3) is 6.62. The van der Waals surface area contributed by atoms with Crippen molar-refractivity contribution in [2.24, 2.45) is 5.92 Å². The van der Waals surface area contributed by atoms with Crippen molar-refractivity contribution in [1.82, 2.24) is 4.72 Å². The Morgan fingerprint density at radius 3 is 2.27 bits per heavy atom. The number of carbonyl (C=O) groups excluding carboxylic acids is 1. The smallest absolute Gasteiger partial charge is 0.240 e. The van der Waals surface area contributed by atoms with Gasteiger partial charge in [-0.2, -0.15) is 0 Å². The minimum absolute atomic E-state index is 0.203. The van der Waals surface area contributed by atoms with E-state index >= 15 is 0 Å². The minimum atomic E-state index is -3.53. The van der Waals surface area contributed by atoms with Gasteiger partial charge in [0.05, 0.1) is 29.8 Å². The Morgan fingerprint density at radius 1 is 1.07 bits per heavy atom. The van der Waals surface area contributed by atoms with Crippen LogP contribution in [0, 0.1) is 5.92 Å². The lowest BCUT2D eigenvalue weighted by atomic mass is 10.1. The molecule has 1 amide bonds. The summed E-state index contributed by atoms with van der Waals surface area (Å²) in [7, 11) is -0.555. The second-order valence-electron chi connectivity index (χ2n) is 7.12. The molecule has 0 aromatic heterocycles. The van der Waals surface area contributed by atoms with Gasteiger partial charge in [0.25, 0.3) is 0 Å². The first-order chi connectivity index (χ1) is 14.2. The van der Waals surface area contributed by atoms with Crippen molar-refractivity contribution in [3.8, 4) is 11.5 Å². The maximum Gasteiger partial charge on any atom is 0.240 e. The molecule has 2 N–H and O–H groups in total. The van der Waals surface area contributed by atoms with Crippen LogP contribution in [0.15, 0.2) is 41.3 Å². The van der Waals surface area contributed by atoms with E-state index in [1.807, 2.05) is 13.8 Å². The lowest BCUT2D eigenvalue weighted by molar-refractivity contribution is -0.116. The fourth-order valence-electron chi connectivity index (χ4n) is 2.62. The summed E-state index contributed by atoms with van der Waals surface area (Å²) >= 11 is 6.07. The zero-order chi connectivity index (χ0) is 22.3. The minimum Gasteiger partial charge on any atom is -0.495 e. The van der Waals surface area contributed by atoms with Crippen LogP contribution in [0.4, 0.5) is 5.69 Å². The predicted octanol–water partition coefficient (Wildman–Crippen LogP) is 3.86. The molecule has 164 valence electrons. The molecule has 0 spiro atoms. The average molecular weight is 455 g/mol. The van der Waals surface area contributed by atoms with Crippen molar-refractivity contribution >= 4 is 33.2 Å². The van der Waals surface area contributed by atoms with Crippen LogP contribution in [-0.4, -0.2) is 35.1 Å². The van der Waals surface area contributed by atoms with Gasteiger partial charge in [0.2, 0.25) is 15.9 Å². The first-order valence-electron chi connectivity index (χ1n) is 9.46. The number of amides is 1. The summed E-state index contributed by atoms with van der Waals surface area (Å²) in [5, 5.41) is 3.17. The van der Waals surface area contributed by atoms with Crippen molar-refractivity contribution in [3.05, 3.63) is 47.0 Å². The molecule has 0 aliphatic rings. The van der Waals surface area contributed by atoms with Gasteiger partial charge >= 0.3 is 0 Å². The number of aryl methyl sites for hydroxylation is 1. The van der Waals surface area contributed by atoms with Gasteiger partial charge in [-0.05, 0) is 30.0 Å². The number of halogens is 1. The van der Waals surface area contributed by atoms with Gasteiger partial charge < -0.3 is 14.8 Å². The Kier molecular flexibility index (Phi) is 8.52. The van der Waals surface area contributed by atoms with Crippen LogP contribution in [0.25, 0.3) is 0 Å². The molecule has 2 rings (SSSR count). The van der Waals surface area contributed by atoms with Crippen molar-refractivity contribution in [1.29, 1.82) is 0 Å². The monoisotopic (exact) mass is 454 g/mol. The van der Waals surface area contributed by atoms with Gasteiger partial charge in [0.15, 0.2) is 0 Å². The second-order valence-corrected chi connectivity index (χ2v) is 9.30. The zero-order valence-corrected chi connectivity index (χ0v) is 19.1. The highest BCUT2D eigenvalue weighted by Gasteiger charge is 2.15. The first kappa shape index (κ1) is 24.0. The molecule has 0 saturated heterocycles. The number of ether oxygens (including phenoxy) is 2. The summed E-state index contributed by atoms with van der Waals surface area (Å²) < 4.78 is 37.5. The molecule has 2 aromatic carbocycles. The highest BCUT2D eigenvalue weighted by atomic mass is 35.5. The fourth-order valence-corrected chi connectivity index (χ4v) is 4.07. The number of methoxy groups -OCH3 is 2. The molecular weight excluding hydrogens is 428 g/mol. The lowest BCUT2D eigenvalue weighted by Gasteiger charge is -2.13. The Labute approximate surface area is 182 Å². The van der Waals surface area contributed by atoms with E-state index in [9.17, 15) is 13.2 Å². The van der Waals surface area contributed by atoms with E-state index in [-0.39, 0.29) is 23.1 Å². The molecule has 0 atom stereocenters. The predicted molar refractivity (Wildman–Crippen MR) is 118 cm³/mol. The maximum atomic E-state index is 12.4. The van der Waals surface area contributed by atoms with Gasteiger partial charge in [0.1, 0.15) is 11.5 Å².